The van der Waals surface area contributed by atoms with Gasteiger partial charge >= 0.3 is 0 Å². The highest BCUT2D eigenvalue weighted by Crippen LogP contribution is 2.34. The molecule has 0 aliphatic carbocycles. The second-order valence-electron chi connectivity index (χ2n) is 5.09. The molecule has 0 aromatic carbocycles. The molecule has 2 heterocycles. The number of furan rings is 1. The topological polar surface area (TPSA) is 50.5 Å². The lowest BCUT2D eigenvalue weighted by atomic mass is 10.2. The molecule has 0 bridgehead atoms. The fourth-order valence-electron chi connectivity index (χ4n) is 2.56. The first-order valence-corrected chi connectivity index (χ1v) is 9.61. The first-order chi connectivity index (χ1) is 9.30. The van der Waals surface area contributed by atoms with E-state index in [0.29, 0.717) is 23.6 Å². The molecule has 0 radical (unpaired) electrons. The van der Waals surface area contributed by atoms with Gasteiger partial charge in [-0.05, 0) is 20.8 Å². The zero-order chi connectivity index (χ0) is 15.1. The van der Waals surface area contributed by atoms with Crippen molar-refractivity contribution in [1.29, 1.82) is 0 Å². The zero-order valence-corrected chi connectivity index (χ0v) is 14.5. The molecule has 7 heteroatoms. The molecule has 1 aromatic rings. The van der Waals surface area contributed by atoms with Crippen LogP contribution in [0.4, 0.5) is 0 Å². The maximum Gasteiger partial charge on any atom is 0.247 e. The Kier molecular flexibility index (Phi) is 4.79. The van der Waals surface area contributed by atoms with Crippen LogP contribution in [-0.2, 0) is 15.9 Å². The molecule has 2 atom stereocenters. The van der Waals surface area contributed by atoms with Crippen LogP contribution in [0.2, 0.25) is 0 Å². The quantitative estimate of drug-likeness (QED) is 0.795. The summed E-state index contributed by atoms with van der Waals surface area (Å²) < 4.78 is 33.0. The van der Waals surface area contributed by atoms with Crippen LogP contribution < -0.4 is 0 Å². The van der Waals surface area contributed by atoms with Gasteiger partial charge in [0.05, 0.1) is 5.88 Å². The SMILES string of the molecule is Cc1oc(C)c(S(=O)(=O)N2CCSC(C)C2C)c1CCl. The predicted molar refractivity (Wildman–Crippen MR) is 83.0 cm³/mol. The van der Waals surface area contributed by atoms with Gasteiger partial charge in [0, 0.05) is 29.2 Å². The van der Waals surface area contributed by atoms with Crippen LogP contribution in [0.1, 0.15) is 30.9 Å². The van der Waals surface area contributed by atoms with Gasteiger partial charge in [-0.25, -0.2) is 8.42 Å². The molecule has 1 aromatic heterocycles. The lowest BCUT2D eigenvalue weighted by Crippen LogP contribution is -2.48. The molecule has 114 valence electrons. The first-order valence-electron chi connectivity index (χ1n) is 6.59. The summed E-state index contributed by atoms with van der Waals surface area (Å²) in [6.07, 6.45) is 0. The van der Waals surface area contributed by atoms with Gasteiger partial charge in [-0.3, -0.25) is 0 Å². The van der Waals surface area contributed by atoms with Gasteiger partial charge in [0.1, 0.15) is 16.4 Å². The Balaban J connectivity index is 2.50. The number of nitrogens with zero attached hydrogens (tertiary/aromatic N) is 1. The average Bonchev–Trinajstić information content (AvgIpc) is 2.67. The highest BCUT2D eigenvalue weighted by atomic mass is 35.5. The van der Waals surface area contributed by atoms with E-state index in [2.05, 4.69) is 6.92 Å². The van der Waals surface area contributed by atoms with Crippen molar-refractivity contribution in [2.45, 2.75) is 49.8 Å². The summed E-state index contributed by atoms with van der Waals surface area (Å²) in [6, 6.07) is -0.0310. The van der Waals surface area contributed by atoms with Gasteiger partial charge in [-0.1, -0.05) is 6.92 Å². The summed E-state index contributed by atoms with van der Waals surface area (Å²) in [5.74, 6) is 1.97. The molecule has 0 amide bonds. The fourth-order valence-corrected chi connectivity index (χ4v) is 6.38. The van der Waals surface area contributed by atoms with Crippen molar-refractivity contribution in [3.05, 3.63) is 17.1 Å². The molecule has 2 rings (SSSR count). The van der Waals surface area contributed by atoms with Gasteiger partial charge in [0.25, 0.3) is 0 Å². The largest absolute Gasteiger partial charge is 0.465 e. The number of rotatable bonds is 3. The van der Waals surface area contributed by atoms with Crippen molar-refractivity contribution < 1.29 is 12.8 Å². The van der Waals surface area contributed by atoms with E-state index in [4.69, 9.17) is 16.0 Å². The molecule has 1 saturated heterocycles. The molecular weight excluding hydrogens is 318 g/mol. The number of aryl methyl sites for hydroxylation is 2. The second-order valence-corrected chi connectivity index (χ2v) is 8.67. The Morgan fingerprint density at radius 3 is 2.60 bits per heavy atom. The van der Waals surface area contributed by atoms with E-state index >= 15 is 0 Å². The number of thioether (sulfide) groups is 1. The third kappa shape index (κ3) is 2.63. The Hall–Kier alpha value is -0.170. The van der Waals surface area contributed by atoms with Gasteiger partial charge in [0.15, 0.2) is 0 Å². The summed E-state index contributed by atoms with van der Waals surface area (Å²) in [5.41, 5.74) is 0.585. The van der Waals surface area contributed by atoms with Crippen molar-refractivity contribution >= 4 is 33.4 Å². The molecule has 2 unspecified atom stereocenters. The van der Waals surface area contributed by atoms with Crippen LogP contribution in [0.5, 0.6) is 0 Å². The summed E-state index contributed by atoms with van der Waals surface area (Å²) in [4.78, 5) is 0.260. The predicted octanol–water partition coefficient (Wildman–Crippen LogP) is 3.15. The summed E-state index contributed by atoms with van der Waals surface area (Å²) in [5, 5.41) is 0.284. The highest BCUT2D eigenvalue weighted by molar-refractivity contribution is 8.00. The minimum absolute atomic E-state index is 0.0310. The third-order valence-electron chi connectivity index (χ3n) is 3.85. The van der Waals surface area contributed by atoms with E-state index in [1.54, 1.807) is 29.9 Å². The molecule has 0 spiro atoms. The third-order valence-corrected chi connectivity index (χ3v) is 7.64. The average molecular weight is 338 g/mol. The van der Waals surface area contributed by atoms with Gasteiger partial charge in [-0.15, -0.1) is 11.6 Å². The molecular formula is C13H20ClNO3S2. The van der Waals surface area contributed by atoms with E-state index in [-0.39, 0.29) is 22.1 Å². The Bertz CT molecular complexity index is 597. The van der Waals surface area contributed by atoms with Gasteiger partial charge in [-0.2, -0.15) is 16.1 Å². The number of sulfonamides is 1. The maximum atomic E-state index is 13.0. The second kappa shape index (κ2) is 5.91. The monoisotopic (exact) mass is 337 g/mol. The number of halogens is 1. The minimum Gasteiger partial charge on any atom is -0.465 e. The standard InChI is InChI=1S/C13H20ClNO3S2/c1-8-11(4)19-6-5-15(8)20(16,17)13-10(3)18-9(2)12(13)7-14/h8,11H,5-7H2,1-4H3. The Morgan fingerprint density at radius 2 is 2.00 bits per heavy atom. The number of alkyl halides is 1. The number of hydrogen-bond donors (Lipinski definition) is 0. The Labute approximate surface area is 129 Å². The molecule has 1 aliphatic heterocycles. The van der Waals surface area contributed by atoms with Crippen molar-refractivity contribution in [3.8, 4) is 0 Å². The minimum atomic E-state index is -3.55. The highest BCUT2D eigenvalue weighted by Gasteiger charge is 2.38. The van der Waals surface area contributed by atoms with E-state index in [9.17, 15) is 8.42 Å². The lowest BCUT2D eigenvalue weighted by molar-refractivity contribution is 0.339. The van der Waals surface area contributed by atoms with Crippen LogP contribution in [0.15, 0.2) is 9.31 Å². The van der Waals surface area contributed by atoms with Crippen LogP contribution in [0.3, 0.4) is 0 Å². The van der Waals surface area contributed by atoms with E-state index < -0.39 is 10.0 Å². The van der Waals surface area contributed by atoms with Crippen LogP contribution in [0, 0.1) is 13.8 Å². The molecule has 4 nitrogen and oxygen atoms in total. The number of hydrogen-bond acceptors (Lipinski definition) is 4. The van der Waals surface area contributed by atoms with Crippen LogP contribution in [0.25, 0.3) is 0 Å². The normalized spacial score (nSPS) is 25.1. The van der Waals surface area contributed by atoms with Crippen molar-refractivity contribution in [3.63, 3.8) is 0 Å². The maximum absolute atomic E-state index is 13.0. The van der Waals surface area contributed by atoms with E-state index in [1.807, 2.05) is 6.92 Å². The van der Waals surface area contributed by atoms with Crippen molar-refractivity contribution in [2.24, 2.45) is 0 Å². The van der Waals surface area contributed by atoms with E-state index in [0.717, 1.165) is 5.75 Å². The lowest BCUT2D eigenvalue weighted by Gasteiger charge is -2.36. The molecule has 0 saturated carbocycles. The molecule has 20 heavy (non-hydrogen) atoms. The smallest absolute Gasteiger partial charge is 0.247 e. The van der Waals surface area contributed by atoms with E-state index in [1.165, 1.54) is 0 Å². The summed E-state index contributed by atoms with van der Waals surface area (Å²) in [7, 11) is -3.55. The van der Waals surface area contributed by atoms with Crippen LogP contribution in [-0.4, -0.2) is 36.3 Å². The van der Waals surface area contributed by atoms with Gasteiger partial charge < -0.3 is 4.42 Å². The molecule has 0 N–H and O–H groups in total. The molecule has 1 fully saturated rings. The summed E-state index contributed by atoms with van der Waals surface area (Å²) >= 11 is 7.72. The van der Waals surface area contributed by atoms with Gasteiger partial charge in [0.2, 0.25) is 10.0 Å². The van der Waals surface area contributed by atoms with Crippen molar-refractivity contribution in [1.82, 2.24) is 4.31 Å². The molecule has 1 aliphatic rings. The fraction of sp³-hybridized carbons (Fsp3) is 0.692. The summed E-state index contributed by atoms with van der Waals surface area (Å²) in [6.45, 7) is 7.98. The zero-order valence-electron chi connectivity index (χ0n) is 12.1. The van der Waals surface area contributed by atoms with Crippen LogP contribution >= 0.6 is 23.4 Å². The first kappa shape index (κ1) is 16.2. The van der Waals surface area contributed by atoms with Crippen molar-refractivity contribution in [2.75, 3.05) is 12.3 Å². The Morgan fingerprint density at radius 1 is 1.35 bits per heavy atom.